The summed E-state index contributed by atoms with van der Waals surface area (Å²) in [5, 5.41) is 5.19. The molecule has 1 N–H and O–H groups in total. The van der Waals surface area contributed by atoms with Gasteiger partial charge in [0.25, 0.3) is 0 Å². The van der Waals surface area contributed by atoms with Crippen molar-refractivity contribution in [2.75, 3.05) is 13.1 Å². The zero-order valence-electron chi connectivity index (χ0n) is 16.7. The standard InChI is InChI=1S/C22H22N6O2/c1-14-26-22(27-30-14)18-11-23-13-25-21(18)16-8-9-28(12-16)20(29)7-6-15-10-24-19-5-3-2-4-17(15)19/h2-5,10-11,13,16,24H,6-9,12H2,1H3/t16-/m1/s1. The summed E-state index contributed by atoms with van der Waals surface area (Å²) in [5.41, 5.74) is 3.93. The summed E-state index contributed by atoms with van der Waals surface area (Å²) in [4.78, 5) is 31.0. The van der Waals surface area contributed by atoms with Gasteiger partial charge in [-0.25, -0.2) is 9.97 Å². The highest BCUT2D eigenvalue weighted by atomic mass is 16.5. The Morgan fingerprint density at radius 3 is 3.10 bits per heavy atom. The van der Waals surface area contributed by atoms with Crippen LogP contribution in [-0.4, -0.2) is 49.0 Å². The summed E-state index contributed by atoms with van der Waals surface area (Å²) in [5.74, 6) is 1.31. The van der Waals surface area contributed by atoms with Gasteiger partial charge in [-0.2, -0.15) is 4.98 Å². The van der Waals surface area contributed by atoms with E-state index in [9.17, 15) is 4.79 Å². The number of rotatable bonds is 5. The van der Waals surface area contributed by atoms with E-state index in [0.717, 1.165) is 36.2 Å². The highest BCUT2D eigenvalue weighted by molar-refractivity contribution is 5.84. The minimum absolute atomic E-state index is 0.138. The lowest BCUT2D eigenvalue weighted by atomic mass is 10.00. The van der Waals surface area contributed by atoms with E-state index in [1.807, 2.05) is 23.2 Å². The van der Waals surface area contributed by atoms with Crippen molar-refractivity contribution >= 4 is 16.8 Å². The number of nitrogens with zero attached hydrogens (tertiary/aromatic N) is 5. The van der Waals surface area contributed by atoms with Gasteiger partial charge in [0.05, 0.1) is 11.3 Å². The molecule has 3 aromatic heterocycles. The SMILES string of the molecule is Cc1nc(-c2cncnc2[C@@H]2CCN(C(=O)CCc3c[nH]c4ccccc34)C2)no1. The monoisotopic (exact) mass is 402 g/mol. The number of hydrogen-bond donors (Lipinski definition) is 1. The van der Waals surface area contributed by atoms with Crippen molar-refractivity contribution in [2.45, 2.75) is 32.1 Å². The molecule has 0 radical (unpaired) electrons. The van der Waals surface area contributed by atoms with E-state index in [4.69, 9.17) is 4.52 Å². The second kappa shape index (κ2) is 7.70. The quantitative estimate of drug-likeness (QED) is 0.550. The molecule has 8 nitrogen and oxygen atoms in total. The molecular weight excluding hydrogens is 380 g/mol. The van der Waals surface area contributed by atoms with Crippen LogP contribution in [0.3, 0.4) is 0 Å². The molecule has 5 rings (SSSR count). The van der Waals surface area contributed by atoms with E-state index >= 15 is 0 Å². The number of carbonyl (C=O) groups is 1. The van der Waals surface area contributed by atoms with Crippen LogP contribution >= 0.6 is 0 Å². The maximum absolute atomic E-state index is 12.9. The zero-order valence-corrected chi connectivity index (χ0v) is 16.7. The lowest BCUT2D eigenvalue weighted by Gasteiger charge is -2.17. The van der Waals surface area contributed by atoms with Crippen molar-refractivity contribution in [1.29, 1.82) is 0 Å². The smallest absolute Gasteiger partial charge is 0.223 e. The number of likely N-dealkylation sites (tertiary alicyclic amines) is 1. The van der Waals surface area contributed by atoms with E-state index in [0.29, 0.717) is 24.7 Å². The topological polar surface area (TPSA) is 101 Å². The molecule has 4 heterocycles. The Hall–Kier alpha value is -3.55. The summed E-state index contributed by atoms with van der Waals surface area (Å²) < 4.78 is 5.11. The van der Waals surface area contributed by atoms with Crippen LogP contribution in [0.4, 0.5) is 0 Å². The largest absolute Gasteiger partial charge is 0.361 e. The number of benzene rings is 1. The van der Waals surface area contributed by atoms with Crippen LogP contribution in [0.25, 0.3) is 22.3 Å². The van der Waals surface area contributed by atoms with Crippen LogP contribution in [0.1, 0.15) is 35.9 Å². The van der Waals surface area contributed by atoms with Crippen LogP contribution in [0.5, 0.6) is 0 Å². The van der Waals surface area contributed by atoms with E-state index in [1.165, 1.54) is 17.3 Å². The van der Waals surface area contributed by atoms with E-state index in [1.54, 1.807) is 13.1 Å². The molecule has 1 aliphatic rings. The second-order valence-corrected chi connectivity index (χ2v) is 7.64. The first-order valence-electron chi connectivity index (χ1n) is 10.1. The average molecular weight is 402 g/mol. The Morgan fingerprint density at radius 2 is 2.23 bits per heavy atom. The van der Waals surface area contributed by atoms with Gasteiger partial charge in [0.15, 0.2) is 0 Å². The van der Waals surface area contributed by atoms with Crippen molar-refractivity contribution in [1.82, 2.24) is 30.0 Å². The molecule has 1 aromatic carbocycles. The van der Waals surface area contributed by atoms with Crippen molar-refractivity contribution in [3.05, 3.63) is 60.1 Å². The highest BCUT2D eigenvalue weighted by Crippen LogP contribution is 2.32. The molecular formula is C22H22N6O2. The van der Waals surface area contributed by atoms with Crippen LogP contribution in [0.15, 0.2) is 47.5 Å². The third-order valence-corrected chi connectivity index (χ3v) is 5.72. The van der Waals surface area contributed by atoms with Gasteiger partial charge in [-0.05, 0) is 24.5 Å². The molecule has 8 heteroatoms. The van der Waals surface area contributed by atoms with Crippen molar-refractivity contribution < 1.29 is 9.32 Å². The number of para-hydroxylation sites is 1. The zero-order chi connectivity index (χ0) is 20.5. The van der Waals surface area contributed by atoms with E-state index < -0.39 is 0 Å². The first-order chi connectivity index (χ1) is 14.7. The number of carbonyl (C=O) groups excluding carboxylic acids is 1. The Labute approximate surface area is 173 Å². The lowest BCUT2D eigenvalue weighted by Crippen LogP contribution is -2.28. The molecule has 1 amide bonds. The maximum atomic E-state index is 12.9. The van der Waals surface area contributed by atoms with Crippen LogP contribution in [0, 0.1) is 6.92 Å². The van der Waals surface area contributed by atoms with Gasteiger partial charge in [-0.1, -0.05) is 23.4 Å². The minimum Gasteiger partial charge on any atom is -0.361 e. The Balaban J connectivity index is 1.27. The highest BCUT2D eigenvalue weighted by Gasteiger charge is 2.30. The Kier molecular flexibility index (Phi) is 4.74. The van der Waals surface area contributed by atoms with Gasteiger partial charge in [0.1, 0.15) is 6.33 Å². The number of aromatic nitrogens is 5. The van der Waals surface area contributed by atoms with Gasteiger partial charge in [-0.15, -0.1) is 0 Å². The van der Waals surface area contributed by atoms with Gasteiger partial charge in [0.2, 0.25) is 17.6 Å². The van der Waals surface area contributed by atoms with Gasteiger partial charge in [0, 0.05) is 55.6 Å². The first-order valence-corrected chi connectivity index (χ1v) is 10.1. The summed E-state index contributed by atoms with van der Waals surface area (Å²) in [6.45, 7) is 3.13. The molecule has 0 spiro atoms. The molecule has 1 aliphatic heterocycles. The molecule has 0 unspecified atom stereocenters. The second-order valence-electron chi connectivity index (χ2n) is 7.64. The molecule has 0 aliphatic carbocycles. The predicted octanol–water partition coefficient (Wildman–Crippen LogP) is 3.27. The normalized spacial score (nSPS) is 16.4. The third kappa shape index (κ3) is 3.45. The average Bonchev–Trinajstić information content (AvgIpc) is 3.52. The number of amides is 1. The molecule has 30 heavy (non-hydrogen) atoms. The van der Waals surface area contributed by atoms with Crippen molar-refractivity contribution in [3.63, 3.8) is 0 Å². The number of aryl methyl sites for hydroxylation is 2. The fraction of sp³-hybridized carbons (Fsp3) is 0.318. The Morgan fingerprint density at radius 1 is 1.33 bits per heavy atom. The molecule has 4 aromatic rings. The number of aromatic amines is 1. The van der Waals surface area contributed by atoms with E-state index in [2.05, 4.69) is 37.2 Å². The number of hydrogen-bond acceptors (Lipinski definition) is 6. The van der Waals surface area contributed by atoms with Gasteiger partial charge in [-0.3, -0.25) is 4.79 Å². The molecule has 1 fully saturated rings. The van der Waals surface area contributed by atoms with Gasteiger partial charge >= 0.3 is 0 Å². The number of fused-ring (bicyclic) bond motifs is 1. The summed E-state index contributed by atoms with van der Waals surface area (Å²) in [7, 11) is 0. The molecule has 1 atom stereocenters. The maximum Gasteiger partial charge on any atom is 0.223 e. The predicted molar refractivity (Wildman–Crippen MR) is 111 cm³/mol. The van der Waals surface area contributed by atoms with Crippen LogP contribution < -0.4 is 0 Å². The van der Waals surface area contributed by atoms with Crippen molar-refractivity contribution in [2.24, 2.45) is 0 Å². The molecule has 0 saturated carbocycles. The fourth-order valence-electron chi connectivity index (χ4n) is 4.19. The van der Waals surface area contributed by atoms with Crippen molar-refractivity contribution in [3.8, 4) is 11.4 Å². The summed E-state index contributed by atoms with van der Waals surface area (Å²) >= 11 is 0. The molecule has 1 saturated heterocycles. The third-order valence-electron chi connectivity index (χ3n) is 5.72. The summed E-state index contributed by atoms with van der Waals surface area (Å²) in [6.07, 6.45) is 7.34. The number of H-pyrrole nitrogens is 1. The lowest BCUT2D eigenvalue weighted by molar-refractivity contribution is -0.130. The minimum atomic E-state index is 0.138. The number of nitrogens with one attached hydrogen (secondary N) is 1. The van der Waals surface area contributed by atoms with Crippen LogP contribution in [-0.2, 0) is 11.2 Å². The molecule has 0 bridgehead atoms. The van der Waals surface area contributed by atoms with E-state index in [-0.39, 0.29) is 11.8 Å². The fourth-order valence-corrected chi connectivity index (χ4v) is 4.19. The summed E-state index contributed by atoms with van der Waals surface area (Å²) in [6, 6.07) is 8.18. The molecule has 152 valence electrons. The first kappa shape index (κ1) is 18.5. The van der Waals surface area contributed by atoms with Gasteiger partial charge < -0.3 is 14.4 Å². The Bertz CT molecular complexity index is 1200. The van der Waals surface area contributed by atoms with Crippen LogP contribution in [0.2, 0.25) is 0 Å².